The van der Waals surface area contributed by atoms with E-state index < -0.39 is 27.2 Å². The average molecular weight is 354 g/mol. The molecule has 96 valence electrons. The molecule has 0 fully saturated rings. The van der Waals surface area contributed by atoms with E-state index in [-0.39, 0.29) is 0 Å². The van der Waals surface area contributed by atoms with E-state index in [9.17, 15) is 0 Å². The normalized spacial score (nSPS) is 13.4. The van der Waals surface area contributed by atoms with Crippen molar-refractivity contribution in [2.45, 2.75) is 56.3 Å². The SMILES string of the molecule is CC(C)C[Te](=C/C=C/[Si](C)(C)C)CC(C)C. The van der Waals surface area contributed by atoms with Gasteiger partial charge in [-0.05, 0) is 0 Å². The summed E-state index contributed by atoms with van der Waals surface area (Å²) in [4.78, 5) is 0. The van der Waals surface area contributed by atoms with E-state index >= 15 is 0 Å². The number of allylic oxidation sites excluding steroid dienone is 1. The number of rotatable bonds is 6. The van der Waals surface area contributed by atoms with Gasteiger partial charge in [0, 0.05) is 0 Å². The van der Waals surface area contributed by atoms with Gasteiger partial charge in [0.1, 0.15) is 0 Å². The number of hydrogen-bond acceptors (Lipinski definition) is 0. The van der Waals surface area contributed by atoms with Crippen LogP contribution in [-0.4, -0.2) is 31.2 Å². The molecule has 0 radical (unpaired) electrons. The van der Waals surface area contributed by atoms with Gasteiger partial charge in [-0.2, -0.15) is 0 Å². The summed E-state index contributed by atoms with van der Waals surface area (Å²) in [6.45, 7) is 16.7. The molecule has 2 heteroatoms. The van der Waals surface area contributed by atoms with Crippen LogP contribution < -0.4 is 0 Å². The Morgan fingerprint density at radius 2 is 1.38 bits per heavy atom. The summed E-state index contributed by atoms with van der Waals surface area (Å²) >= 11 is -0.942. The second-order valence-corrected chi connectivity index (χ2v) is 17.3. The van der Waals surface area contributed by atoms with Crippen molar-refractivity contribution < 1.29 is 0 Å². The van der Waals surface area contributed by atoms with E-state index in [2.05, 4.69) is 63.2 Å². The van der Waals surface area contributed by atoms with Crippen LogP contribution in [-0.2, 0) is 0 Å². The molecule has 0 nitrogen and oxygen atoms in total. The molecule has 16 heavy (non-hydrogen) atoms. The van der Waals surface area contributed by atoms with E-state index in [0.717, 1.165) is 11.8 Å². The topological polar surface area (TPSA) is 0 Å². The van der Waals surface area contributed by atoms with E-state index in [4.69, 9.17) is 0 Å². The van der Waals surface area contributed by atoms with Gasteiger partial charge in [0.25, 0.3) is 0 Å². The first-order chi connectivity index (χ1) is 7.20. The summed E-state index contributed by atoms with van der Waals surface area (Å²) < 4.78 is 5.61. The molecule has 0 aromatic heterocycles. The second-order valence-electron chi connectivity index (χ2n) is 6.52. The molecule has 0 aliphatic rings. The fourth-order valence-corrected chi connectivity index (χ4v) is 9.35. The number of hydrogen-bond donors (Lipinski definition) is 0. The van der Waals surface area contributed by atoms with Crippen molar-refractivity contribution in [3.8, 4) is 0 Å². The Morgan fingerprint density at radius 1 is 0.938 bits per heavy atom. The van der Waals surface area contributed by atoms with Gasteiger partial charge in [-0.15, -0.1) is 0 Å². The summed E-state index contributed by atoms with van der Waals surface area (Å²) in [6.07, 6.45) is 2.41. The Bertz CT molecular complexity index is 232. The van der Waals surface area contributed by atoms with Crippen LogP contribution in [0.2, 0.25) is 28.6 Å². The van der Waals surface area contributed by atoms with Crippen LogP contribution in [0.5, 0.6) is 0 Å². The monoisotopic (exact) mass is 356 g/mol. The molecule has 0 aliphatic carbocycles. The molecule has 0 saturated carbocycles. The van der Waals surface area contributed by atoms with Gasteiger partial charge >= 0.3 is 111 Å². The molecule has 0 rings (SSSR count). The molecule has 0 N–H and O–H groups in total. The first-order valence-corrected chi connectivity index (χ1v) is 14.6. The predicted molar refractivity (Wildman–Crippen MR) is 83.6 cm³/mol. The van der Waals surface area contributed by atoms with Gasteiger partial charge in [0.15, 0.2) is 0 Å². The molecule has 0 saturated heterocycles. The Balaban J connectivity index is 4.50. The first-order valence-electron chi connectivity index (χ1n) is 6.39. The van der Waals surface area contributed by atoms with Gasteiger partial charge in [-0.1, -0.05) is 0 Å². The summed E-state index contributed by atoms with van der Waals surface area (Å²) in [7, 11) is -0.989. The summed E-state index contributed by atoms with van der Waals surface area (Å²) in [5.74, 6) is 1.76. The Kier molecular flexibility index (Phi) is 8.15. The minimum atomic E-state index is -0.989. The Morgan fingerprint density at radius 3 is 1.69 bits per heavy atom. The molecular formula is C14H30SiTe. The molecule has 0 atom stereocenters. The fraction of sp³-hybridized carbons (Fsp3) is 0.786. The second kappa shape index (κ2) is 7.85. The summed E-state index contributed by atoms with van der Waals surface area (Å²) in [5.41, 5.74) is 2.49. The van der Waals surface area contributed by atoms with Crippen molar-refractivity contribution in [3.63, 3.8) is 0 Å². The average Bonchev–Trinajstić information content (AvgIpc) is 1.98. The van der Waals surface area contributed by atoms with Crippen LogP contribution in [0.3, 0.4) is 0 Å². The van der Waals surface area contributed by atoms with E-state index in [0.29, 0.717) is 0 Å². The first kappa shape index (κ1) is 16.6. The Hall–Kier alpha value is 0.616. The van der Waals surface area contributed by atoms with Gasteiger partial charge in [0.05, 0.1) is 0 Å². The molecule has 0 bridgehead atoms. The van der Waals surface area contributed by atoms with Gasteiger partial charge in [-0.25, -0.2) is 0 Å². The van der Waals surface area contributed by atoms with Gasteiger partial charge in [-0.3, -0.25) is 0 Å². The van der Waals surface area contributed by atoms with Crippen molar-refractivity contribution in [3.05, 3.63) is 11.8 Å². The fourth-order valence-electron chi connectivity index (χ4n) is 1.47. The molecule has 0 amide bonds. The van der Waals surface area contributed by atoms with Gasteiger partial charge < -0.3 is 0 Å². The third-order valence-electron chi connectivity index (χ3n) is 1.96. The molecule has 0 aromatic rings. The zero-order valence-electron chi connectivity index (χ0n) is 12.2. The maximum atomic E-state index is 2.61. The zero-order chi connectivity index (χ0) is 12.8. The van der Waals surface area contributed by atoms with Crippen molar-refractivity contribution in [1.82, 2.24) is 0 Å². The summed E-state index contributed by atoms with van der Waals surface area (Å²) in [5, 5.41) is 0. The van der Waals surface area contributed by atoms with Crippen LogP contribution in [0, 0.1) is 11.8 Å². The molecule has 0 aliphatic heterocycles. The molecule has 0 heterocycles. The van der Waals surface area contributed by atoms with Crippen LogP contribution in [0.25, 0.3) is 0 Å². The van der Waals surface area contributed by atoms with Crippen molar-refractivity contribution >= 4 is 31.2 Å². The minimum absolute atomic E-state index is 0.881. The van der Waals surface area contributed by atoms with Crippen molar-refractivity contribution in [1.29, 1.82) is 0 Å². The zero-order valence-corrected chi connectivity index (χ0v) is 15.5. The molecular weight excluding hydrogens is 324 g/mol. The third kappa shape index (κ3) is 11.1. The van der Waals surface area contributed by atoms with E-state index in [1.807, 2.05) is 0 Å². The van der Waals surface area contributed by atoms with Crippen LogP contribution >= 0.6 is 0 Å². The quantitative estimate of drug-likeness (QED) is 0.611. The standard InChI is InChI=1S/C14H30SiTe/c1-13(2)11-16(12-14(3)4)10-8-9-15(5,6)7/h8-10,13-14H,11-12H2,1-7H3/b9-8+. The Labute approximate surface area is 111 Å². The summed E-state index contributed by atoms with van der Waals surface area (Å²) in [6, 6.07) is 0. The van der Waals surface area contributed by atoms with E-state index in [1.54, 1.807) is 0 Å². The van der Waals surface area contributed by atoms with Crippen LogP contribution in [0.1, 0.15) is 27.7 Å². The van der Waals surface area contributed by atoms with E-state index in [1.165, 1.54) is 8.94 Å². The maximum absolute atomic E-state index is 2.61. The van der Waals surface area contributed by atoms with Crippen LogP contribution in [0.4, 0.5) is 0 Å². The molecule has 0 spiro atoms. The molecule has 0 aromatic carbocycles. The third-order valence-corrected chi connectivity index (χ3v) is 11.0. The van der Waals surface area contributed by atoms with Gasteiger partial charge in [0.2, 0.25) is 0 Å². The van der Waals surface area contributed by atoms with Crippen molar-refractivity contribution in [2.24, 2.45) is 11.8 Å². The predicted octanol–water partition coefficient (Wildman–Crippen LogP) is 4.61. The van der Waals surface area contributed by atoms with Crippen molar-refractivity contribution in [2.75, 3.05) is 0 Å². The van der Waals surface area contributed by atoms with Crippen LogP contribution in [0.15, 0.2) is 11.8 Å². The molecule has 0 unspecified atom stereocenters.